The lowest BCUT2D eigenvalue weighted by molar-refractivity contribution is -0.119. The maximum absolute atomic E-state index is 13.5. The first kappa shape index (κ1) is 28.8. The maximum atomic E-state index is 13.5. The van der Waals surface area contributed by atoms with E-state index in [1.165, 1.54) is 17.7 Å². The first-order chi connectivity index (χ1) is 19.6. The monoisotopic (exact) mass is 595 g/mol. The molecule has 3 unspecified atom stereocenters. The van der Waals surface area contributed by atoms with Gasteiger partial charge in [-0.15, -0.1) is 11.6 Å². The lowest BCUT2D eigenvalue weighted by Crippen LogP contribution is -2.39. The number of anilines is 2. The molecule has 1 amide bonds. The minimum atomic E-state index is -0.785. The first-order valence-corrected chi connectivity index (χ1v) is 14.0. The summed E-state index contributed by atoms with van der Waals surface area (Å²) >= 11 is 12.7. The molecule has 1 aliphatic rings. The molecule has 0 radical (unpaired) electrons. The van der Waals surface area contributed by atoms with Crippen LogP contribution in [0.3, 0.4) is 0 Å². The van der Waals surface area contributed by atoms with Crippen LogP contribution in [0.25, 0.3) is 22.2 Å². The number of amides is 1. The van der Waals surface area contributed by atoms with E-state index < -0.39 is 6.04 Å². The molecule has 4 aromatic rings. The summed E-state index contributed by atoms with van der Waals surface area (Å²) in [6, 6.07) is 11.3. The van der Waals surface area contributed by atoms with E-state index in [0.717, 1.165) is 22.6 Å². The van der Waals surface area contributed by atoms with Gasteiger partial charge in [0.05, 0.1) is 47.5 Å². The average Bonchev–Trinajstić information content (AvgIpc) is 3.28. The van der Waals surface area contributed by atoms with Crippen LogP contribution in [0.2, 0.25) is 5.02 Å². The molecule has 0 bridgehead atoms. The molecule has 0 aliphatic carbocycles. The molecule has 2 aromatic heterocycles. The number of pyridine rings is 1. The number of carbonyl (C=O) groups excluding carboxylic acids is 1. The summed E-state index contributed by atoms with van der Waals surface area (Å²) < 4.78 is 7.12. The van der Waals surface area contributed by atoms with E-state index in [1.807, 2.05) is 44.8 Å². The van der Waals surface area contributed by atoms with E-state index in [4.69, 9.17) is 27.9 Å². The molecule has 0 spiro atoms. The number of hydrogen-bond acceptors (Lipinski definition) is 8. The van der Waals surface area contributed by atoms with E-state index in [2.05, 4.69) is 26.2 Å². The minimum Gasteiger partial charge on any atom is -0.495 e. The Bertz CT molecular complexity index is 1690. The molecule has 2 aromatic carbocycles. The van der Waals surface area contributed by atoms with Crippen molar-refractivity contribution in [2.24, 2.45) is 0 Å². The smallest absolute Gasteiger partial charge is 0.252 e. The van der Waals surface area contributed by atoms with Gasteiger partial charge in [-0.3, -0.25) is 19.2 Å². The zero-order chi connectivity index (χ0) is 29.4. The molecule has 1 aliphatic heterocycles. The van der Waals surface area contributed by atoms with Gasteiger partial charge >= 0.3 is 0 Å². The first-order valence-electron chi connectivity index (χ1n) is 13.2. The van der Waals surface area contributed by atoms with Gasteiger partial charge in [0.1, 0.15) is 17.3 Å². The zero-order valence-corrected chi connectivity index (χ0v) is 24.8. The highest BCUT2D eigenvalue weighted by atomic mass is 35.5. The van der Waals surface area contributed by atoms with Crippen LogP contribution in [-0.4, -0.2) is 39.1 Å². The standard InChI is InChI=1S/C29H31Cl2N7O3/c1-6-24(29(40)34-19-8-9-22-23(12-19)33-16(3)15(2)32-22)37-14-26(41-5)21(13-27(37)39)20-11-18(30)7-10-25(20)38-17(4)28(31)35-36-38/h7-14,17,24,28,35-36H,6H2,1-5H3,(H,34,40). The lowest BCUT2D eigenvalue weighted by Gasteiger charge is -2.26. The summed E-state index contributed by atoms with van der Waals surface area (Å²) in [6.07, 6.45) is 1.94. The number of nitrogens with zero attached hydrogens (tertiary/aromatic N) is 4. The van der Waals surface area contributed by atoms with Crippen LogP contribution in [0.4, 0.5) is 11.4 Å². The Balaban J connectivity index is 1.49. The van der Waals surface area contributed by atoms with Gasteiger partial charge in [0.2, 0.25) is 5.91 Å². The number of rotatable bonds is 7. The zero-order valence-electron chi connectivity index (χ0n) is 23.3. The van der Waals surface area contributed by atoms with Crippen molar-refractivity contribution < 1.29 is 9.53 Å². The van der Waals surface area contributed by atoms with Crippen LogP contribution in [-0.2, 0) is 4.79 Å². The third kappa shape index (κ3) is 5.60. The lowest BCUT2D eigenvalue weighted by atomic mass is 10.0. The van der Waals surface area contributed by atoms with E-state index in [-0.39, 0.29) is 23.0 Å². The molecule has 1 fully saturated rings. The number of methoxy groups -OCH3 is 1. The topological polar surface area (TPSA) is 113 Å². The Kier molecular flexibility index (Phi) is 8.19. The fourth-order valence-corrected chi connectivity index (χ4v) is 5.22. The van der Waals surface area contributed by atoms with E-state index in [1.54, 1.807) is 30.5 Å². The third-order valence-electron chi connectivity index (χ3n) is 7.29. The molecule has 3 heterocycles. The number of aromatic nitrogens is 3. The summed E-state index contributed by atoms with van der Waals surface area (Å²) in [4.78, 5) is 36.1. The minimum absolute atomic E-state index is 0.106. The van der Waals surface area contributed by atoms with Gasteiger partial charge in [-0.25, -0.2) is 15.4 Å². The number of carbonyl (C=O) groups is 1. The number of fused-ring (bicyclic) bond motifs is 1. The molecule has 10 nitrogen and oxygen atoms in total. The van der Waals surface area contributed by atoms with Crippen molar-refractivity contribution in [3.05, 3.63) is 75.4 Å². The number of hydrogen-bond donors (Lipinski definition) is 3. The van der Waals surface area contributed by atoms with Gasteiger partial charge in [-0.1, -0.05) is 18.5 Å². The highest BCUT2D eigenvalue weighted by molar-refractivity contribution is 6.31. The molecule has 3 N–H and O–H groups in total. The van der Waals surface area contributed by atoms with Crippen molar-refractivity contribution in [1.29, 1.82) is 0 Å². The summed E-state index contributed by atoms with van der Waals surface area (Å²) in [5.74, 6) is 0.0757. The van der Waals surface area contributed by atoms with Crippen LogP contribution in [0.15, 0.2) is 53.5 Å². The van der Waals surface area contributed by atoms with Crippen molar-refractivity contribution in [3.63, 3.8) is 0 Å². The SMILES string of the molecule is CCC(C(=O)Nc1ccc2nc(C)c(C)nc2c1)n1cc(OC)c(-c2cc(Cl)ccc2N2NNC(Cl)C2C)cc1=O. The Morgan fingerprint density at radius 2 is 1.83 bits per heavy atom. The predicted octanol–water partition coefficient (Wildman–Crippen LogP) is 5.11. The fraction of sp³-hybridized carbons (Fsp3) is 0.310. The quantitative estimate of drug-likeness (QED) is 0.199. The summed E-state index contributed by atoms with van der Waals surface area (Å²) in [5.41, 5.74) is 11.0. The van der Waals surface area contributed by atoms with Crippen LogP contribution in [0, 0.1) is 13.8 Å². The molecule has 12 heteroatoms. The van der Waals surface area contributed by atoms with Gasteiger partial charge in [0.25, 0.3) is 5.56 Å². The van der Waals surface area contributed by atoms with Crippen molar-refractivity contribution in [2.75, 3.05) is 17.4 Å². The Morgan fingerprint density at radius 3 is 2.49 bits per heavy atom. The van der Waals surface area contributed by atoms with Crippen molar-refractivity contribution in [2.45, 2.75) is 51.7 Å². The number of alkyl halides is 1. The second kappa shape index (κ2) is 11.7. The van der Waals surface area contributed by atoms with Gasteiger partial charge < -0.3 is 10.1 Å². The molecule has 41 heavy (non-hydrogen) atoms. The second-order valence-electron chi connectivity index (χ2n) is 9.94. The van der Waals surface area contributed by atoms with Gasteiger partial charge in [0.15, 0.2) is 0 Å². The molecular formula is C29H31Cl2N7O3. The summed E-state index contributed by atoms with van der Waals surface area (Å²) in [5, 5.41) is 5.29. The third-order valence-corrected chi connectivity index (χ3v) is 8.00. The molecule has 5 rings (SSSR count). The number of halogens is 2. The average molecular weight is 597 g/mol. The van der Waals surface area contributed by atoms with Gasteiger partial charge in [-0.2, -0.15) is 5.53 Å². The molecule has 3 atom stereocenters. The van der Waals surface area contributed by atoms with E-state index in [9.17, 15) is 9.59 Å². The largest absolute Gasteiger partial charge is 0.495 e. The highest BCUT2D eigenvalue weighted by Gasteiger charge is 2.31. The van der Waals surface area contributed by atoms with Crippen molar-refractivity contribution in [1.82, 2.24) is 25.5 Å². The number of aryl methyl sites for hydroxylation is 2. The van der Waals surface area contributed by atoms with Crippen LogP contribution in [0.5, 0.6) is 5.75 Å². The molecule has 1 saturated heterocycles. The van der Waals surface area contributed by atoms with Crippen LogP contribution < -0.4 is 31.6 Å². The summed E-state index contributed by atoms with van der Waals surface area (Å²) in [6.45, 7) is 7.61. The highest BCUT2D eigenvalue weighted by Crippen LogP contribution is 2.39. The maximum Gasteiger partial charge on any atom is 0.252 e. The van der Waals surface area contributed by atoms with E-state index >= 15 is 0 Å². The van der Waals surface area contributed by atoms with Gasteiger partial charge in [-0.05, 0) is 63.6 Å². The summed E-state index contributed by atoms with van der Waals surface area (Å²) in [7, 11) is 1.52. The fourth-order valence-electron chi connectivity index (χ4n) is 4.89. The Morgan fingerprint density at radius 1 is 1.10 bits per heavy atom. The number of ether oxygens (including phenoxy) is 1. The predicted molar refractivity (Wildman–Crippen MR) is 163 cm³/mol. The van der Waals surface area contributed by atoms with Gasteiger partial charge in [0, 0.05) is 27.9 Å². The number of hydrazine groups is 2. The number of benzene rings is 2. The Labute approximate surface area is 247 Å². The van der Waals surface area contributed by atoms with Crippen LogP contribution >= 0.6 is 23.2 Å². The molecular weight excluding hydrogens is 565 g/mol. The van der Waals surface area contributed by atoms with Crippen molar-refractivity contribution in [3.8, 4) is 16.9 Å². The normalized spacial score (nSPS) is 17.6. The van der Waals surface area contributed by atoms with Crippen LogP contribution in [0.1, 0.15) is 37.7 Å². The second-order valence-corrected chi connectivity index (χ2v) is 10.8. The molecule has 0 saturated carbocycles. The Hall–Kier alpha value is -3.70. The molecule has 214 valence electrons. The number of nitrogens with one attached hydrogen (secondary N) is 3. The van der Waals surface area contributed by atoms with Crippen molar-refractivity contribution >= 4 is 51.5 Å². The van der Waals surface area contributed by atoms with E-state index in [0.29, 0.717) is 39.5 Å².